The van der Waals surface area contributed by atoms with E-state index in [1.165, 1.54) is 30.5 Å². The first-order valence-electron chi connectivity index (χ1n) is 6.93. The molecule has 2 heterocycles. The molecule has 3 rings (SSSR count). The predicted octanol–water partition coefficient (Wildman–Crippen LogP) is 1.25. The van der Waals surface area contributed by atoms with E-state index in [1.807, 2.05) is 0 Å². The topological polar surface area (TPSA) is 79.4 Å². The molecule has 7 heteroatoms. The van der Waals surface area contributed by atoms with Crippen LogP contribution in [0.4, 0.5) is 4.39 Å². The maximum absolute atomic E-state index is 13.5. The number of amides is 3. The third-order valence-electron chi connectivity index (χ3n) is 3.47. The number of halogens is 1. The fourth-order valence-corrected chi connectivity index (χ4v) is 2.34. The van der Waals surface area contributed by atoms with Crippen LogP contribution in [0, 0.1) is 5.82 Å². The quantitative estimate of drug-likeness (QED) is 0.862. The van der Waals surface area contributed by atoms with Crippen molar-refractivity contribution in [1.29, 1.82) is 0 Å². The molecular formula is C16H12FN3O3. The summed E-state index contributed by atoms with van der Waals surface area (Å²) in [5.41, 5.74) is 0.271. The lowest BCUT2D eigenvalue weighted by atomic mass is 10.2. The molecule has 0 spiro atoms. The maximum Gasteiger partial charge on any atom is 0.280 e. The molecule has 0 saturated heterocycles. The number of aromatic nitrogens is 1. The fourth-order valence-electron chi connectivity index (χ4n) is 2.34. The molecule has 1 aliphatic heterocycles. The Morgan fingerprint density at radius 2 is 1.91 bits per heavy atom. The standard InChI is InChI=1S/C16H12FN3O3/c17-12-6-2-1-4-10(12)14(21)19-8-9-20-15(22)11-5-3-7-18-13(11)16(20)23/h1-7H,8-9H2,(H,19,21). The molecule has 0 unspecified atom stereocenters. The molecule has 1 N–H and O–H groups in total. The van der Waals surface area contributed by atoms with Gasteiger partial charge in [0.2, 0.25) is 0 Å². The number of imide groups is 1. The average molecular weight is 313 g/mol. The van der Waals surface area contributed by atoms with Crippen LogP contribution in [-0.4, -0.2) is 40.7 Å². The van der Waals surface area contributed by atoms with Gasteiger partial charge >= 0.3 is 0 Å². The highest BCUT2D eigenvalue weighted by Gasteiger charge is 2.36. The second-order valence-electron chi connectivity index (χ2n) is 4.90. The number of carbonyl (C=O) groups excluding carboxylic acids is 3. The Bertz CT molecular complexity index is 772. The van der Waals surface area contributed by atoms with Crippen molar-refractivity contribution < 1.29 is 18.8 Å². The molecule has 0 aliphatic carbocycles. The van der Waals surface area contributed by atoms with Crippen LogP contribution in [0.15, 0.2) is 42.6 Å². The van der Waals surface area contributed by atoms with Gasteiger partial charge in [-0.25, -0.2) is 4.39 Å². The van der Waals surface area contributed by atoms with Crippen LogP contribution in [0.5, 0.6) is 0 Å². The number of hydrogen-bond donors (Lipinski definition) is 1. The second kappa shape index (κ2) is 5.96. The van der Waals surface area contributed by atoms with E-state index < -0.39 is 23.5 Å². The van der Waals surface area contributed by atoms with Gasteiger partial charge in [-0.3, -0.25) is 24.3 Å². The van der Waals surface area contributed by atoms with E-state index in [-0.39, 0.29) is 29.9 Å². The Hall–Kier alpha value is -3.09. The summed E-state index contributed by atoms with van der Waals surface area (Å²) in [5.74, 6) is -2.17. The van der Waals surface area contributed by atoms with Crippen LogP contribution >= 0.6 is 0 Å². The summed E-state index contributed by atoms with van der Waals surface area (Å²) in [6, 6.07) is 8.68. The largest absolute Gasteiger partial charge is 0.350 e. The molecule has 0 atom stereocenters. The molecule has 6 nitrogen and oxygen atoms in total. The Morgan fingerprint density at radius 1 is 1.13 bits per heavy atom. The van der Waals surface area contributed by atoms with Crippen molar-refractivity contribution in [3.8, 4) is 0 Å². The Morgan fingerprint density at radius 3 is 2.65 bits per heavy atom. The van der Waals surface area contributed by atoms with Crippen molar-refractivity contribution in [3.63, 3.8) is 0 Å². The number of fused-ring (bicyclic) bond motifs is 1. The Kier molecular flexibility index (Phi) is 3.84. The molecule has 1 aliphatic rings. The van der Waals surface area contributed by atoms with E-state index in [4.69, 9.17) is 0 Å². The minimum absolute atomic E-state index is 0.00573. The highest BCUT2D eigenvalue weighted by molar-refractivity contribution is 6.20. The average Bonchev–Trinajstić information content (AvgIpc) is 2.80. The highest BCUT2D eigenvalue weighted by atomic mass is 19.1. The molecule has 0 bridgehead atoms. The third-order valence-corrected chi connectivity index (χ3v) is 3.47. The third kappa shape index (κ3) is 2.68. The first kappa shape index (κ1) is 14.8. The van der Waals surface area contributed by atoms with Gasteiger partial charge in [-0.1, -0.05) is 12.1 Å². The van der Waals surface area contributed by atoms with Crippen molar-refractivity contribution in [2.45, 2.75) is 0 Å². The number of rotatable bonds is 4. The number of carbonyl (C=O) groups is 3. The van der Waals surface area contributed by atoms with Crippen molar-refractivity contribution in [2.75, 3.05) is 13.1 Å². The van der Waals surface area contributed by atoms with E-state index in [2.05, 4.69) is 10.3 Å². The summed E-state index contributed by atoms with van der Waals surface area (Å²) in [6.45, 7) is 0.0207. The molecule has 0 saturated carbocycles. The van der Waals surface area contributed by atoms with Crippen LogP contribution in [0.3, 0.4) is 0 Å². The molecule has 23 heavy (non-hydrogen) atoms. The summed E-state index contributed by atoms with van der Waals surface area (Å²) in [7, 11) is 0. The van der Waals surface area contributed by atoms with Crippen molar-refractivity contribution in [2.24, 2.45) is 0 Å². The summed E-state index contributed by atoms with van der Waals surface area (Å²) in [5, 5.41) is 2.49. The van der Waals surface area contributed by atoms with Crippen LogP contribution in [0.1, 0.15) is 31.2 Å². The van der Waals surface area contributed by atoms with Gasteiger partial charge in [-0.05, 0) is 24.3 Å². The van der Waals surface area contributed by atoms with Crippen molar-refractivity contribution >= 4 is 17.7 Å². The number of pyridine rings is 1. The minimum atomic E-state index is -0.630. The van der Waals surface area contributed by atoms with Gasteiger partial charge in [0.15, 0.2) is 0 Å². The fraction of sp³-hybridized carbons (Fsp3) is 0.125. The molecule has 1 aromatic heterocycles. The first-order valence-corrected chi connectivity index (χ1v) is 6.93. The van der Waals surface area contributed by atoms with E-state index >= 15 is 0 Å². The maximum atomic E-state index is 13.5. The SMILES string of the molecule is O=C(NCCN1C(=O)c2cccnc2C1=O)c1ccccc1F. The van der Waals surface area contributed by atoms with Crippen LogP contribution in [0.25, 0.3) is 0 Å². The first-order chi connectivity index (χ1) is 11.1. The van der Waals surface area contributed by atoms with E-state index in [1.54, 1.807) is 12.1 Å². The summed E-state index contributed by atoms with van der Waals surface area (Å²) in [6.07, 6.45) is 1.44. The smallest absolute Gasteiger partial charge is 0.280 e. The summed E-state index contributed by atoms with van der Waals surface area (Å²) >= 11 is 0. The molecule has 0 radical (unpaired) electrons. The number of benzene rings is 1. The molecule has 2 aromatic rings. The molecule has 3 amide bonds. The van der Waals surface area contributed by atoms with Gasteiger partial charge in [-0.2, -0.15) is 0 Å². The van der Waals surface area contributed by atoms with Crippen molar-refractivity contribution in [1.82, 2.24) is 15.2 Å². The van der Waals surface area contributed by atoms with Crippen LogP contribution < -0.4 is 5.32 Å². The van der Waals surface area contributed by atoms with Gasteiger partial charge in [0.1, 0.15) is 11.5 Å². The predicted molar refractivity (Wildman–Crippen MR) is 78.3 cm³/mol. The van der Waals surface area contributed by atoms with Gasteiger partial charge in [-0.15, -0.1) is 0 Å². The number of hydrogen-bond acceptors (Lipinski definition) is 4. The lowest BCUT2D eigenvalue weighted by molar-refractivity contribution is 0.0648. The molecule has 0 fully saturated rings. The Labute approximate surface area is 130 Å². The zero-order valence-electron chi connectivity index (χ0n) is 12.0. The van der Waals surface area contributed by atoms with Gasteiger partial charge < -0.3 is 5.32 Å². The molecule has 116 valence electrons. The highest BCUT2D eigenvalue weighted by Crippen LogP contribution is 2.19. The number of nitrogens with one attached hydrogen (secondary N) is 1. The van der Waals surface area contributed by atoms with Gasteiger partial charge in [0, 0.05) is 19.3 Å². The van der Waals surface area contributed by atoms with Gasteiger partial charge in [0.25, 0.3) is 17.7 Å². The lowest BCUT2D eigenvalue weighted by Crippen LogP contribution is -2.38. The minimum Gasteiger partial charge on any atom is -0.350 e. The lowest BCUT2D eigenvalue weighted by Gasteiger charge is -2.14. The summed E-state index contributed by atoms with van der Waals surface area (Å²) in [4.78, 5) is 41.0. The monoisotopic (exact) mass is 313 g/mol. The summed E-state index contributed by atoms with van der Waals surface area (Å²) < 4.78 is 13.5. The van der Waals surface area contributed by atoms with Crippen LogP contribution in [-0.2, 0) is 0 Å². The normalized spacial score (nSPS) is 13.2. The van der Waals surface area contributed by atoms with E-state index in [0.29, 0.717) is 0 Å². The van der Waals surface area contributed by atoms with E-state index in [9.17, 15) is 18.8 Å². The number of nitrogens with zero attached hydrogens (tertiary/aromatic N) is 2. The van der Waals surface area contributed by atoms with E-state index in [0.717, 1.165) is 4.90 Å². The van der Waals surface area contributed by atoms with Crippen LogP contribution in [0.2, 0.25) is 0 Å². The molecular weight excluding hydrogens is 301 g/mol. The van der Waals surface area contributed by atoms with Gasteiger partial charge in [0.05, 0.1) is 11.1 Å². The zero-order valence-corrected chi connectivity index (χ0v) is 12.0. The zero-order chi connectivity index (χ0) is 16.4. The Balaban J connectivity index is 1.62. The molecule has 1 aromatic carbocycles. The van der Waals surface area contributed by atoms with Crippen molar-refractivity contribution in [3.05, 3.63) is 65.2 Å². The second-order valence-corrected chi connectivity index (χ2v) is 4.90.